The van der Waals surface area contributed by atoms with Gasteiger partial charge in [-0.05, 0) is 17.7 Å². The van der Waals surface area contributed by atoms with Crippen LogP contribution in [0.2, 0.25) is 0 Å². The Hall–Kier alpha value is -2.57. The van der Waals surface area contributed by atoms with Crippen molar-refractivity contribution in [1.82, 2.24) is 0 Å². The van der Waals surface area contributed by atoms with Gasteiger partial charge in [-0.3, -0.25) is 4.79 Å². The van der Waals surface area contributed by atoms with Gasteiger partial charge in [0.1, 0.15) is 30.2 Å². The molecule has 1 aromatic rings. The molecule has 0 radical (unpaired) electrons. The highest BCUT2D eigenvalue weighted by atomic mass is 16.7. The van der Waals surface area contributed by atoms with Crippen molar-refractivity contribution in [3.63, 3.8) is 0 Å². The number of amides is 1. The van der Waals surface area contributed by atoms with Crippen LogP contribution in [0, 0.1) is 0 Å². The minimum atomic E-state index is -1.90. The third kappa shape index (κ3) is 3.81. The fraction of sp³-hybridized carbons (Fsp3) is 0.400. The monoisotopic (exact) mass is 371 g/mol. The van der Waals surface area contributed by atoms with Crippen LogP contribution in [0.4, 0.5) is 0 Å². The predicted octanol–water partition coefficient (Wildman–Crippen LogP) is -2.71. The van der Waals surface area contributed by atoms with Crippen molar-refractivity contribution in [2.24, 2.45) is 5.73 Å². The van der Waals surface area contributed by atoms with E-state index in [9.17, 15) is 34.8 Å². The molecule has 11 heteroatoms. The van der Waals surface area contributed by atoms with Gasteiger partial charge in [-0.1, -0.05) is 6.07 Å². The van der Waals surface area contributed by atoms with Crippen LogP contribution < -0.4 is 10.5 Å². The van der Waals surface area contributed by atoms with Crippen LogP contribution in [0.25, 0.3) is 0 Å². The third-order valence-corrected chi connectivity index (χ3v) is 3.80. The summed E-state index contributed by atoms with van der Waals surface area (Å²) < 4.78 is 10.2. The van der Waals surface area contributed by atoms with Crippen molar-refractivity contribution in [2.75, 3.05) is 0 Å². The average molecular weight is 371 g/mol. The zero-order valence-electron chi connectivity index (χ0n) is 13.1. The van der Waals surface area contributed by atoms with Crippen molar-refractivity contribution in [2.45, 2.75) is 36.8 Å². The molecule has 6 unspecified atom stereocenters. The Bertz CT molecular complexity index is 708. The number of ether oxygens (including phenoxy) is 2. The molecule has 6 atom stereocenters. The van der Waals surface area contributed by atoms with Crippen molar-refractivity contribution < 1.29 is 49.4 Å². The van der Waals surface area contributed by atoms with Gasteiger partial charge in [0, 0.05) is 0 Å². The Balaban J connectivity index is 2.32. The number of carbonyl (C=O) groups is 3. The zero-order valence-corrected chi connectivity index (χ0v) is 13.1. The molecule has 1 aromatic carbocycles. The second-order valence-corrected chi connectivity index (χ2v) is 5.55. The molecular weight excluding hydrogens is 354 g/mol. The number of primary amides is 1. The second kappa shape index (κ2) is 7.76. The Labute approximate surface area is 146 Å². The molecule has 0 aromatic heterocycles. The largest absolute Gasteiger partial charge is 0.479 e. The molecule has 2 rings (SSSR count). The molecule has 26 heavy (non-hydrogen) atoms. The summed E-state index contributed by atoms with van der Waals surface area (Å²) in [6.07, 6.45) is -10.5. The van der Waals surface area contributed by atoms with E-state index in [1.807, 2.05) is 0 Å². The predicted molar refractivity (Wildman–Crippen MR) is 80.9 cm³/mol. The molecule has 1 heterocycles. The standard InChI is InChI=1S/C15H17NO10/c16-13(22)6-3-5(7(18)4-17)1-2-8(6)25-15-11(21)9(19)10(20)12(26-15)14(23)24/h1-4,7,9-12,15,18-21H,(H2,16,22)(H,23,24). The molecule has 0 aliphatic carbocycles. The lowest BCUT2D eigenvalue weighted by Crippen LogP contribution is -2.61. The fourth-order valence-electron chi connectivity index (χ4n) is 2.38. The van der Waals surface area contributed by atoms with Gasteiger partial charge in [0.15, 0.2) is 12.4 Å². The molecule has 1 fully saturated rings. The van der Waals surface area contributed by atoms with Crippen LogP contribution in [-0.2, 0) is 14.3 Å². The number of aliphatic hydroxyl groups is 4. The summed E-state index contributed by atoms with van der Waals surface area (Å²) in [5.41, 5.74) is 4.97. The average Bonchev–Trinajstić information content (AvgIpc) is 2.61. The molecular formula is C15H17NO10. The maximum Gasteiger partial charge on any atom is 0.335 e. The summed E-state index contributed by atoms with van der Waals surface area (Å²) in [5, 5.41) is 47.8. The second-order valence-electron chi connectivity index (χ2n) is 5.55. The summed E-state index contributed by atoms with van der Waals surface area (Å²) >= 11 is 0. The number of rotatable bonds is 6. The fourth-order valence-corrected chi connectivity index (χ4v) is 2.38. The number of aldehydes is 1. The van der Waals surface area contributed by atoms with E-state index in [0.717, 1.165) is 12.1 Å². The summed E-state index contributed by atoms with van der Waals surface area (Å²) in [6, 6.07) is 3.45. The lowest BCUT2D eigenvalue weighted by Gasteiger charge is -2.38. The number of carboxylic acids is 1. The molecule has 1 aliphatic rings. The molecule has 11 nitrogen and oxygen atoms in total. The highest BCUT2D eigenvalue weighted by molar-refractivity contribution is 5.96. The molecule has 0 saturated carbocycles. The van der Waals surface area contributed by atoms with E-state index in [1.165, 1.54) is 6.07 Å². The third-order valence-electron chi connectivity index (χ3n) is 3.80. The highest BCUT2D eigenvalue weighted by Gasteiger charge is 2.48. The molecule has 0 bridgehead atoms. The molecule has 142 valence electrons. The van der Waals surface area contributed by atoms with Gasteiger partial charge in [-0.15, -0.1) is 0 Å². The van der Waals surface area contributed by atoms with Crippen LogP contribution in [0.1, 0.15) is 22.0 Å². The van der Waals surface area contributed by atoms with Gasteiger partial charge in [0.05, 0.1) is 5.56 Å². The number of carboxylic acid groups (broad SMARTS) is 1. The van der Waals surface area contributed by atoms with Crippen LogP contribution in [-0.4, -0.2) is 74.4 Å². The van der Waals surface area contributed by atoms with Crippen LogP contribution in [0.5, 0.6) is 5.75 Å². The van der Waals surface area contributed by atoms with Gasteiger partial charge in [0.2, 0.25) is 6.29 Å². The van der Waals surface area contributed by atoms with Crippen molar-refractivity contribution in [3.05, 3.63) is 29.3 Å². The van der Waals surface area contributed by atoms with E-state index in [1.54, 1.807) is 0 Å². The van der Waals surface area contributed by atoms with E-state index in [-0.39, 0.29) is 23.2 Å². The first-order chi connectivity index (χ1) is 12.2. The van der Waals surface area contributed by atoms with Gasteiger partial charge in [-0.25, -0.2) is 4.79 Å². The van der Waals surface area contributed by atoms with E-state index in [0.29, 0.717) is 0 Å². The number of aliphatic carboxylic acids is 1. The van der Waals surface area contributed by atoms with E-state index in [2.05, 4.69) is 0 Å². The lowest BCUT2D eigenvalue weighted by molar-refractivity contribution is -0.271. The highest BCUT2D eigenvalue weighted by Crippen LogP contribution is 2.28. The number of carbonyl (C=O) groups excluding carboxylic acids is 2. The number of benzene rings is 1. The summed E-state index contributed by atoms with van der Waals surface area (Å²) in [5.74, 6) is -2.85. The first-order valence-corrected chi connectivity index (χ1v) is 7.33. The maximum absolute atomic E-state index is 11.6. The zero-order chi connectivity index (χ0) is 19.6. The lowest BCUT2D eigenvalue weighted by atomic mass is 9.99. The molecule has 1 saturated heterocycles. The van der Waals surface area contributed by atoms with Crippen molar-refractivity contribution in [3.8, 4) is 5.75 Å². The summed E-state index contributed by atoms with van der Waals surface area (Å²) in [4.78, 5) is 33.3. The van der Waals surface area contributed by atoms with Crippen LogP contribution in [0.3, 0.4) is 0 Å². The van der Waals surface area contributed by atoms with Crippen molar-refractivity contribution in [1.29, 1.82) is 0 Å². The number of aliphatic hydroxyl groups excluding tert-OH is 4. The Morgan fingerprint density at radius 1 is 1.19 bits per heavy atom. The van der Waals surface area contributed by atoms with Crippen LogP contribution in [0.15, 0.2) is 18.2 Å². The minimum Gasteiger partial charge on any atom is -0.479 e. The number of nitrogens with two attached hydrogens (primary N) is 1. The molecule has 1 aliphatic heterocycles. The van der Waals surface area contributed by atoms with Gasteiger partial charge in [-0.2, -0.15) is 0 Å². The minimum absolute atomic E-state index is 0.0464. The summed E-state index contributed by atoms with van der Waals surface area (Å²) in [6.45, 7) is 0. The van der Waals surface area contributed by atoms with E-state index in [4.69, 9.17) is 20.3 Å². The SMILES string of the molecule is NC(=O)c1cc(C(O)C=O)ccc1OC1OC(C(=O)O)C(O)C(O)C1O. The van der Waals surface area contributed by atoms with Gasteiger partial charge >= 0.3 is 5.97 Å². The Morgan fingerprint density at radius 2 is 1.85 bits per heavy atom. The number of hydrogen-bond donors (Lipinski definition) is 6. The number of hydrogen-bond acceptors (Lipinski definition) is 9. The summed E-state index contributed by atoms with van der Waals surface area (Å²) in [7, 11) is 0. The van der Waals surface area contributed by atoms with E-state index >= 15 is 0 Å². The molecule has 7 N–H and O–H groups in total. The molecule has 1 amide bonds. The topological polar surface area (TPSA) is 197 Å². The molecule has 0 spiro atoms. The quantitative estimate of drug-likeness (QED) is 0.286. The van der Waals surface area contributed by atoms with E-state index < -0.39 is 48.7 Å². The van der Waals surface area contributed by atoms with Gasteiger partial charge < -0.3 is 45.5 Å². The van der Waals surface area contributed by atoms with Crippen LogP contribution >= 0.6 is 0 Å². The van der Waals surface area contributed by atoms with Gasteiger partial charge in [0.25, 0.3) is 5.91 Å². The Kier molecular flexibility index (Phi) is 5.90. The Morgan fingerprint density at radius 3 is 2.38 bits per heavy atom. The van der Waals surface area contributed by atoms with Crippen molar-refractivity contribution >= 4 is 18.2 Å². The normalized spacial score (nSPS) is 29.6. The maximum atomic E-state index is 11.6. The first-order valence-electron chi connectivity index (χ1n) is 7.33. The smallest absolute Gasteiger partial charge is 0.335 e. The first kappa shape index (κ1) is 19.8.